The van der Waals surface area contributed by atoms with Crippen LogP contribution >= 0.6 is 15.9 Å². The molecule has 0 spiro atoms. The van der Waals surface area contributed by atoms with E-state index < -0.39 is 11.9 Å². The highest BCUT2D eigenvalue weighted by molar-refractivity contribution is 9.10. The average molecular weight is 382 g/mol. The smallest absolute Gasteiger partial charge is 0.315 e. The first-order valence-electron chi connectivity index (χ1n) is 7.52. The van der Waals surface area contributed by atoms with Crippen molar-refractivity contribution in [2.45, 2.75) is 19.3 Å². The van der Waals surface area contributed by atoms with Crippen LogP contribution in [0.15, 0.2) is 41.0 Å². The first kappa shape index (κ1) is 17.7. The lowest BCUT2D eigenvalue weighted by molar-refractivity contribution is -0.150. The Morgan fingerprint density at radius 3 is 2.83 bits per heavy atom. The number of piperidine rings is 1. The minimum atomic E-state index is -0.604. The Balaban J connectivity index is 2.19. The Bertz CT molecular complexity index is 602. The topological polar surface area (TPSA) is 64.6 Å². The van der Waals surface area contributed by atoms with Gasteiger partial charge in [-0.05, 0) is 18.6 Å². The summed E-state index contributed by atoms with van der Waals surface area (Å²) >= 11 is 3.49. The number of nitrogens with one attached hydrogen (secondary N) is 1. The second-order valence-corrected chi connectivity index (χ2v) is 6.10. The van der Waals surface area contributed by atoms with Crippen molar-refractivity contribution < 1.29 is 19.1 Å². The van der Waals surface area contributed by atoms with Crippen molar-refractivity contribution in [2.24, 2.45) is 5.92 Å². The van der Waals surface area contributed by atoms with E-state index in [2.05, 4.69) is 27.8 Å². The molecule has 0 saturated carbocycles. The van der Waals surface area contributed by atoms with Gasteiger partial charge < -0.3 is 14.8 Å². The molecule has 0 aliphatic carbocycles. The highest BCUT2D eigenvalue weighted by Gasteiger charge is 2.39. The number of halogens is 1. The summed E-state index contributed by atoms with van der Waals surface area (Å²) in [4.78, 5) is 24.3. The molecule has 23 heavy (non-hydrogen) atoms. The molecule has 1 saturated heterocycles. The molecule has 0 aromatic heterocycles. The van der Waals surface area contributed by atoms with Crippen molar-refractivity contribution in [3.63, 3.8) is 0 Å². The van der Waals surface area contributed by atoms with Gasteiger partial charge in [0.15, 0.2) is 0 Å². The SMILES string of the molecule is C=C1NC(=O)C[C@H](c2ccccc2Br)[C@H]1C(=O)OCCOCC. The molecule has 1 amide bonds. The number of carbonyl (C=O) groups is 2. The van der Waals surface area contributed by atoms with Gasteiger partial charge in [0.2, 0.25) is 5.91 Å². The summed E-state index contributed by atoms with van der Waals surface area (Å²) < 4.78 is 11.3. The molecule has 1 heterocycles. The number of amides is 1. The summed E-state index contributed by atoms with van der Waals surface area (Å²) in [5.41, 5.74) is 1.28. The third-order valence-electron chi connectivity index (χ3n) is 3.72. The Morgan fingerprint density at radius 2 is 2.13 bits per heavy atom. The molecule has 0 bridgehead atoms. The molecular weight excluding hydrogens is 362 g/mol. The summed E-state index contributed by atoms with van der Waals surface area (Å²) in [6.45, 7) is 6.83. The Kier molecular flexibility index (Phi) is 6.36. The van der Waals surface area contributed by atoms with Gasteiger partial charge in [0.1, 0.15) is 12.5 Å². The molecule has 0 radical (unpaired) electrons. The lowest BCUT2D eigenvalue weighted by atomic mass is 9.79. The van der Waals surface area contributed by atoms with Gasteiger partial charge in [0, 0.05) is 29.1 Å². The van der Waals surface area contributed by atoms with E-state index in [1.165, 1.54) is 0 Å². The standard InChI is InChI=1S/C17H20BrNO4/c1-3-22-8-9-23-17(21)16-11(2)19-15(20)10-13(16)12-6-4-5-7-14(12)18/h4-7,13,16H,2-3,8-10H2,1H3,(H,19,20)/t13-,16+/m1/s1. The van der Waals surface area contributed by atoms with Gasteiger partial charge in [-0.25, -0.2) is 0 Å². The molecular formula is C17H20BrNO4. The quantitative estimate of drug-likeness (QED) is 0.607. The van der Waals surface area contributed by atoms with Crippen molar-refractivity contribution in [3.05, 3.63) is 46.6 Å². The van der Waals surface area contributed by atoms with Gasteiger partial charge in [-0.15, -0.1) is 0 Å². The van der Waals surface area contributed by atoms with Gasteiger partial charge in [0.25, 0.3) is 0 Å². The van der Waals surface area contributed by atoms with Crippen molar-refractivity contribution in [1.82, 2.24) is 5.32 Å². The van der Waals surface area contributed by atoms with Gasteiger partial charge >= 0.3 is 5.97 Å². The van der Waals surface area contributed by atoms with Gasteiger partial charge in [-0.1, -0.05) is 40.7 Å². The maximum absolute atomic E-state index is 12.5. The van der Waals surface area contributed by atoms with Crippen LogP contribution in [-0.4, -0.2) is 31.7 Å². The number of ether oxygens (including phenoxy) is 2. The summed E-state index contributed by atoms with van der Waals surface area (Å²) in [5, 5.41) is 2.65. The molecule has 1 aliphatic rings. The molecule has 5 nitrogen and oxygen atoms in total. The third-order valence-corrected chi connectivity index (χ3v) is 4.44. The molecule has 0 unspecified atom stereocenters. The number of benzene rings is 1. The van der Waals surface area contributed by atoms with Gasteiger partial charge in [-0.3, -0.25) is 9.59 Å². The normalized spacial score (nSPS) is 21.0. The Morgan fingerprint density at radius 1 is 1.39 bits per heavy atom. The summed E-state index contributed by atoms with van der Waals surface area (Å²) in [6.07, 6.45) is 0.215. The summed E-state index contributed by atoms with van der Waals surface area (Å²) in [6, 6.07) is 7.57. The maximum atomic E-state index is 12.5. The number of hydrogen-bond acceptors (Lipinski definition) is 4. The zero-order chi connectivity index (χ0) is 16.8. The van der Waals surface area contributed by atoms with Crippen LogP contribution < -0.4 is 5.32 Å². The first-order valence-corrected chi connectivity index (χ1v) is 8.31. The number of rotatable bonds is 6. The lowest BCUT2D eigenvalue weighted by Gasteiger charge is -2.32. The predicted molar refractivity (Wildman–Crippen MR) is 89.7 cm³/mol. The van der Waals surface area contributed by atoms with E-state index in [1.54, 1.807) is 0 Å². The molecule has 2 atom stereocenters. The number of carbonyl (C=O) groups excluding carboxylic acids is 2. The molecule has 1 N–H and O–H groups in total. The van der Waals surface area contributed by atoms with Crippen LogP contribution in [0.3, 0.4) is 0 Å². The van der Waals surface area contributed by atoms with Crippen molar-refractivity contribution in [3.8, 4) is 0 Å². The first-order chi connectivity index (χ1) is 11.0. The number of esters is 1. The molecule has 124 valence electrons. The lowest BCUT2D eigenvalue weighted by Crippen LogP contribution is -2.41. The molecule has 1 aromatic carbocycles. The second kappa shape index (κ2) is 8.26. The zero-order valence-corrected chi connectivity index (χ0v) is 14.6. The van der Waals surface area contributed by atoms with E-state index in [9.17, 15) is 9.59 Å². The molecule has 2 rings (SSSR count). The van der Waals surface area contributed by atoms with Crippen LogP contribution in [0.1, 0.15) is 24.8 Å². The van der Waals surface area contributed by atoms with Gasteiger partial charge in [0.05, 0.1) is 6.61 Å². The van der Waals surface area contributed by atoms with E-state index in [4.69, 9.17) is 9.47 Å². The monoisotopic (exact) mass is 381 g/mol. The van der Waals surface area contributed by atoms with Crippen LogP contribution in [0.4, 0.5) is 0 Å². The maximum Gasteiger partial charge on any atom is 0.315 e. The van der Waals surface area contributed by atoms with E-state index in [0.29, 0.717) is 18.9 Å². The minimum Gasteiger partial charge on any atom is -0.463 e. The molecule has 1 fully saturated rings. The average Bonchev–Trinajstić information content (AvgIpc) is 2.51. The van der Waals surface area contributed by atoms with Gasteiger partial charge in [-0.2, -0.15) is 0 Å². The minimum absolute atomic E-state index is 0.144. The van der Waals surface area contributed by atoms with Crippen LogP contribution in [-0.2, 0) is 19.1 Å². The van der Waals surface area contributed by atoms with Crippen LogP contribution in [0.5, 0.6) is 0 Å². The highest BCUT2D eigenvalue weighted by atomic mass is 79.9. The Hall–Kier alpha value is -1.66. The van der Waals surface area contributed by atoms with Crippen LogP contribution in [0.2, 0.25) is 0 Å². The van der Waals surface area contributed by atoms with E-state index in [-0.39, 0.29) is 24.9 Å². The fraction of sp³-hybridized carbons (Fsp3) is 0.412. The van der Waals surface area contributed by atoms with Crippen molar-refractivity contribution in [2.75, 3.05) is 19.8 Å². The van der Waals surface area contributed by atoms with Crippen molar-refractivity contribution >= 4 is 27.8 Å². The predicted octanol–water partition coefficient (Wildman–Crippen LogP) is 2.76. The zero-order valence-electron chi connectivity index (χ0n) is 13.0. The fourth-order valence-electron chi connectivity index (χ4n) is 2.68. The highest BCUT2D eigenvalue weighted by Crippen LogP contribution is 2.38. The number of hydrogen-bond donors (Lipinski definition) is 1. The second-order valence-electron chi connectivity index (χ2n) is 5.25. The summed E-state index contributed by atoms with van der Waals surface area (Å²) in [5.74, 6) is -1.44. The summed E-state index contributed by atoms with van der Waals surface area (Å²) in [7, 11) is 0. The van der Waals surface area contributed by atoms with E-state index >= 15 is 0 Å². The van der Waals surface area contributed by atoms with E-state index in [1.807, 2.05) is 31.2 Å². The van der Waals surface area contributed by atoms with Crippen molar-refractivity contribution in [1.29, 1.82) is 0 Å². The molecule has 6 heteroatoms. The van der Waals surface area contributed by atoms with Crippen LogP contribution in [0, 0.1) is 5.92 Å². The Labute approximate surface area is 144 Å². The van der Waals surface area contributed by atoms with E-state index in [0.717, 1.165) is 10.0 Å². The molecule has 1 aromatic rings. The van der Waals surface area contributed by atoms with Crippen LogP contribution in [0.25, 0.3) is 0 Å². The largest absolute Gasteiger partial charge is 0.463 e. The molecule has 1 aliphatic heterocycles. The third kappa shape index (κ3) is 4.42. The fourth-order valence-corrected chi connectivity index (χ4v) is 3.25.